The van der Waals surface area contributed by atoms with Crippen LogP contribution in [-0.4, -0.2) is 17.1 Å². The highest BCUT2D eigenvalue weighted by molar-refractivity contribution is 5.92. The van der Waals surface area contributed by atoms with Crippen LogP contribution in [0.4, 0.5) is 18.9 Å². The van der Waals surface area contributed by atoms with Crippen molar-refractivity contribution in [3.63, 3.8) is 0 Å². The van der Waals surface area contributed by atoms with Crippen LogP contribution in [0.5, 0.6) is 0 Å². The van der Waals surface area contributed by atoms with Crippen molar-refractivity contribution >= 4 is 29.0 Å². The minimum Gasteiger partial charge on any atom is -0.382 e. The molecule has 1 aromatic heterocycles. The zero-order chi connectivity index (χ0) is 16.6. The van der Waals surface area contributed by atoms with Gasteiger partial charge in [-0.25, -0.2) is 4.98 Å². The van der Waals surface area contributed by atoms with Crippen molar-refractivity contribution in [2.45, 2.75) is 50.9 Å². The normalized spacial score (nSPS) is 21.4. The van der Waals surface area contributed by atoms with Gasteiger partial charge in [0, 0.05) is 23.2 Å². The predicted octanol–water partition coefficient (Wildman–Crippen LogP) is 4.67. The summed E-state index contributed by atoms with van der Waals surface area (Å²) in [7, 11) is 0. The standard InChI is InChI=1S/C17H20F3N3.ClH/c1-10-5-6-14-13(7-10)15(9-16(23-14)17(18,19)20)22-12-4-2-3-11(21)8-12;/h5-7,9,11-12H,2-4,8,21H2,1H3,(H,22,23);1H/t11?,12-;/m1./s1. The molecule has 1 fully saturated rings. The fraction of sp³-hybridized carbons (Fsp3) is 0.471. The first-order valence-corrected chi connectivity index (χ1v) is 7.83. The van der Waals surface area contributed by atoms with Gasteiger partial charge in [0.05, 0.1) is 5.52 Å². The van der Waals surface area contributed by atoms with Gasteiger partial charge in [0.15, 0.2) is 0 Å². The lowest BCUT2D eigenvalue weighted by molar-refractivity contribution is -0.140. The molecule has 0 aliphatic heterocycles. The van der Waals surface area contributed by atoms with Crippen molar-refractivity contribution in [1.82, 2.24) is 4.98 Å². The van der Waals surface area contributed by atoms with E-state index in [0.29, 0.717) is 11.2 Å². The summed E-state index contributed by atoms with van der Waals surface area (Å²) in [6.07, 6.45) is -0.796. The predicted molar refractivity (Wildman–Crippen MR) is 92.6 cm³/mol. The van der Waals surface area contributed by atoms with Crippen LogP contribution >= 0.6 is 12.4 Å². The molecule has 1 heterocycles. The maximum Gasteiger partial charge on any atom is 0.433 e. The molecule has 0 radical (unpaired) electrons. The number of alkyl halides is 3. The van der Waals surface area contributed by atoms with Crippen LogP contribution in [0.3, 0.4) is 0 Å². The van der Waals surface area contributed by atoms with Crippen molar-refractivity contribution in [3.8, 4) is 0 Å². The molecule has 2 atom stereocenters. The van der Waals surface area contributed by atoms with Crippen molar-refractivity contribution in [2.75, 3.05) is 5.32 Å². The first-order valence-electron chi connectivity index (χ1n) is 7.83. The van der Waals surface area contributed by atoms with E-state index in [1.165, 1.54) is 0 Å². The molecule has 3 rings (SSSR count). The van der Waals surface area contributed by atoms with Crippen molar-refractivity contribution < 1.29 is 13.2 Å². The molecule has 3 nitrogen and oxygen atoms in total. The number of fused-ring (bicyclic) bond motifs is 1. The number of nitrogens with one attached hydrogen (secondary N) is 1. The average Bonchev–Trinajstić information content (AvgIpc) is 2.46. The zero-order valence-electron chi connectivity index (χ0n) is 13.4. The summed E-state index contributed by atoms with van der Waals surface area (Å²) in [5, 5.41) is 3.99. The highest BCUT2D eigenvalue weighted by atomic mass is 35.5. The molecule has 0 bridgehead atoms. The number of nitrogens with two attached hydrogens (primary N) is 1. The van der Waals surface area contributed by atoms with Gasteiger partial charge in [-0.05, 0) is 50.8 Å². The second-order valence-corrected chi connectivity index (χ2v) is 6.34. The quantitative estimate of drug-likeness (QED) is 0.819. The van der Waals surface area contributed by atoms with Crippen molar-refractivity contribution in [1.29, 1.82) is 0 Å². The van der Waals surface area contributed by atoms with Gasteiger partial charge >= 0.3 is 6.18 Å². The molecular weight excluding hydrogens is 339 g/mol. The van der Waals surface area contributed by atoms with Gasteiger partial charge in [-0.15, -0.1) is 12.4 Å². The van der Waals surface area contributed by atoms with Crippen LogP contribution < -0.4 is 11.1 Å². The van der Waals surface area contributed by atoms with Crippen molar-refractivity contribution in [3.05, 3.63) is 35.5 Å². The number of benzene rings is 1. The number of anilines is 1. The molecule has 0 saturated heterocycles. The minimum absolute atomic E-state index is 0. The number of pyridine rings is 1. The largest absolute Gasteiger partial charge is 0.433 e. The van der Waals surface area contributed by atoms with E-state index in [1.807, 2.05) is 13.0 Å². The number of nitrogens with zero attached hydrogens (tertiary/aromatic N) is 1. The Morgan fingerprint density at radius 2 is 1.96 bits per heavy atom. The zero-order valence-corrected chi connectivity index (χ0v) is 14.2. The first kappa shape index (κ1) is 18.8. The third kappa shape index (κ3) is 4.11. The van der Waals surface area contributed by atoms with Gasteiger partial charge in [0.25, 0.3) is 0 Å². The fourth-order valence-corrected chi connectivity index (χ4v) is 3.18. The van der Waals surface area contributed by atoms with E-state index in [0.717, 1.165) is 42.7 Å². The summed E-state index contributed by atoms with van der Waals surface area (Å²) in [6, 6.07) is 6.60. The van der Waals surface area contributed by atoms with E-state index >= 15 is 0 Å². The Bertz CT molecular complexity index is 718. The maximum atomic E-state index is 13.1. The number of aryl methyl sites for hydroxylation is 1. The Morgan fingerprint density at radius 3 is 2.62 bits per heavy atom. The van der Waals surface area contributed by atoms with Crippen LogP contribution in [-0.2, 0) is 6.18 Å². The maximum absolute atomic E-state index is 13.1. The molecule has 132 valence electrons. The monoisotopic (exact) mass is 359 g/mol. The lowest BCUT2D eigenvalue weighted by Crippen LogP contribution is -2.35. The van der Waals surface area contributed by atoms with Gasteiger partial charge in [0.1, 0.15) is 5.69 Å². The van der Waals surface area contributed by atoms with Gasteiger partial charge in [-0.1, -0.05) is 11.6 Å². The Balaban J connectivity index is 0.00000208. The highest BCUT2D eigenvalue weighted by Gasteiger charge is 2.33. The molecule has 1 unspecified atom stereocenters. The topological polar surface area (TPSA) is 50.9 Å². The van der Waals surface area contributed by atoms with E-state index in [-0.39, 0.29) is 24.5 Å². The first-order chi connectivity index (χ1) is 10.8. The molecule has 1 saturated carbocycles. The average molecular weight is 360 g/mol. The summed E-state index contributed by atoms with van der Waals surface area (Å²) in [5.41, 5.74) is 6.95. The lowest BCUT2D eigenvalue weighted by Gasteiger charge is -2.29. The van der Waals surface area contributed by atoms with Gasteiger partial charge < -0.3 is 11.1 Å². The second kappa shape index (κ2) is 7.15. The molecule has 0 amide bonds. The summed E-state index contributed by atoms with van der Waals surface area (Å²) in [6.45, 7) is 1.91. The molecule has 0 spiro atoms. The van der Waals surface area contributed by atoms with E-state index in [4.69, 9.17) is 5.73 Å². The summed E-state index contributed by atoms with van der Waals surface area (Å²) >= 11 is 0. The molecule has 2 aromatic rings. The molecular formula is C17H21ClF3N3. The highest BCUT2D eigenvalue weighted by Crippen LogP contribution is 2.34. The Hall–Kier alpha value is -1.53. The van der Waals surface area contributed by atoms with Crippen LogP contribution in [0.2, 0.25) is 0 Å². The van der Waals surface area contributed by atoms with Gasteiger partial charge in [-0.3, -0.25) is 0 Å². The van der Waals surface area contributed by atoms with Gasteiger partial charge in [0.2, 0.25) is 0 Å². The molecule has 3 N–H and O–H groups in total. The van der Waals surface area contributed by atoms with Crippen LogP contribution in [0.15, 0.2) is 24.3 Å². The second-order valence-electron chi connectivity index (χ2n) is 6.34. The van der Waals surface area contributed by atoms with Crippen LogP contribution in [0.1, 0.15) is 36.9 Å². The summed E-state index contributed by atoms with van der Waals surface area (Å²) in [4.78, 5) is 3.77. The van der Waals surface area contributed by atoms with Crippen LogP contribution in [0, 0.1) is 6.92 Å². The third-order valence-corrected chi connectivity index (χ3v) is 4.33. The van der Waals surface area contributed by atoms with E-state index in [9.17, 15) is 13.2 Å². The lowest BCUT2D eigenvalue weighted by atomic mass is 9.91. The number of aromatic nitrogens is 1. The van der Waals surface area contributed by atoms with E-state index in [1.54, 1.807) is 12.1 Å². The van der Waals surface area contributed by atoms with E-state index in [2.05, 4.69) is 10.3 Å². The molecule has 1 aliphatic rings. The SMILES string of the molecule is Cc1ccc2nc(C(F)(F)F)cc(N[C@@H]3CCCC(N)C3)c2c1.Cl. The smallest absolute Gasteiger partial charge is 0.382 e. The van der Waals surface area contributed by atoms with Crippen LogP contribution in [0.25, 0.3) is 10.9 Å². The number of hydrogen-bond acceptors (Lipinski definition) is 3. The molecule has 7 heteroatoms. The molecule has 1 aliphatic carbocycles. The molecule has 24 heavy (non-hydrogen) atoms. The minimum atomic E-state index is -4.46. The Morgan fingerprint density at radius 1 is 1.21 bits per heavy atom. The van der Waals surface area contributed by atoms with Gasteiger partial charge in [-0.2, -0.15) is 13.2 Å². The number of halogens is 4. The Kier molecular flexibility index (Phi) is 5.60. The van der Waals surface area contributed by atoms with E-state index < -0.39 is 11.9 Å². The number of hydrogen-bond donors (Lipinski definition) is 2. The van der Waals surface area contributed by atoms with Crippen molar-refractivity contribution in [2.24, 2.45) is 5.73 Å². The summed E-state index contributed by atoms with van der Waals surface area (Å²) < 4.78 is 39.3. The third-order valence-electron chi connectivity index (χ3n) is 4.33. The number of rotatable bonds is 2. The molecule has 1 aromatic carbocycles. The summed E-state index contributed by atoms with van der Waals surface area (Å²) in [5.74, 6) is 0. The Labute approximate surface area is 145 Å². The fourth-order valence-electron chi connectivity index (χ4n) is 3.18.